The van der Waals surface area contributed by atoms with E-state index in [0.29, 0.717) is 30.0 Å². The lowest BCUT2D eigenvalue weighted by Gasteiger charge is -2.29. The molecule has 0 aliphatic carbocycles. The number of hydrogen-bond acceptors (Lipinski definition) is 6. The SMILES string of the molecule is O=C1CCC(N2Cc3cc(CNC(=O)Nc4ccc(OCc5cccc(CO)c5)cc4)ccc3C2=O)C(=O)N1. The van der Waals surface area contributed by atoms with Gasteiger partial charge in [-0.25, -0.2) is 4.79 Å². The highest BCUT2D eigenvalue weighted by Gasteiger charge is 2.39. The summed E-state index contributed by atoms with van der Waals surface area (Å²) in [6.45, 7) is 0.867. The molecule has 10 heteroatoms. The number of aliphatic hydroxyl groups is 1. The maximum Gasteiger partial charge on any atom is 0.319 e. The predicted molar refractivity (Wildman–Crippen MR) is 141 cm³/mol. The monoisotopic (exact) mass is 528 g/mol. The van der Waals surface area contributed by atoms with Crippen LogP contribution in [0.3, 0.4) is 0 Å². The Morgan fingerprint density at radius 3 is 2.56 bits per heavy atom. The topological polar surface area (TPSA) is 137 Å². The molecule has 0 radical (unpaired) electrons. The van der Waals surface area contributed by atoms with Crippen molar-refractivity contribution >= 4 is 29.4 Å². The zero-order valence-corrected chi connectivity index (χ0v) is 21.1. The summed E-state index contributed by atoms with van der Waals surface area (Å²) in [4.78, 5) is 50.4. The Bertz CT molecular complexity index is 1420. The number of ether oxygens (including phenoxy) is 1. The summed E-state index contributed by atoms with van der Waals surface area (Å²) < 4.78 is 5.78. The van der Waals surface area contributed by atoms with Crippen molar-refractivity contribution in [2.45, 2.75) is 45.2 Å². The molecule has 3 aromatic carbocycles. The van der Waals surface area contributed by atoms with Gasteiger partial charge in [0.1, 0.15) is 18.4 Å². The summed E-state index contributed by atoms with van der Waals surface area (Å²) in [7, 11) is 0. The number of hydrogen-bond donors (Lipinski definition) is 4. The summed E-state index contributed by atoms with van der Waals surface area (Å²) in [5.74, 6) is -0.354. The highest BCUT2D eigenvalue weighted by molar-refractivity contribution is 6.05. The van der Waals surface area contributed by atoms with Gasteiger partial charge in [0, 0.05) is 30.8 Å². The molecule has 0 bridgehead atoms. The normalized spacial score (nSPS) is 16.5. The smallest absolute Gasteiger partial charge is 0.319 e. The van der Waals surface area contributed by atoms with Crippen LogP contribution in [0.5, 0.6) is 5.75 Å². The van der Waals surface area contributed by atoms with Crippen molar-refractivity contribution in [2.75, 3.05) is 5.32 Å². The van der Waals surface area contributed by atoms with Crippen molar-refractivity contribution in [3.8, 4) is 5.75 Å². The molecule has 0 aromatic heterocycles. The summed E-state index contributed by atoms with van der Waals surface area (Å²) in [6.07, 6.45) is 0.515. The van der Waals surface area contributed by atoms with Crippen molar-refractivity contribution in [2.24, 2.45) is 0 Å². The summed E-state index contributed by atoms with van der Waals surface area (Å²) >= 11 is 0. The van der Waals surface area contributed by atoms with Crippen LogP contribution in [0.4, 0.5) is 10.5 Å². The average Bonchev–Trinajstić information content (AvgIpc) is 3.27. The van der Waals surface area contributed by atoms with Gasteiger partial charge in [-0.15, -0.1) is 0 Å². The molecule has 10 nitrogen and oxygen atoms in total. The maximum absolute atomic E-state index is 12.8. The van der Waals surface area contributed by atoms with E-state index in [2.05, 4.69) is 16.0 Å². The zero-order valence-electron chi connectivity index (χ0n) is 21.1. The van der Waals surface area contributed by atoms with E-state index < -0.39 is 11.9 Å². The van der Waals surface area contributed by atoms with Crippen molar-refractivity contribution in [3.63, 3.8) is 0 Å². The van der Waals surface area contributed by atoms with Crippen LogP contribution in [0.1, 0.15) is 45.5 Å². The summed E-state index contributed by atoms with van der Waals surface area (Å²) in [5.41, 5.74) is 4.49. The Morgan fingerprint density at radius 1 is 1.00 bits per heavy atom. The van der Waals surface area contributed by atoms with Crippen LogP contribution >= 0.6 is 0 Å². The number of rotatable bonds is 8. The Morgan fingerprint density at radius 2 is 1.79 bits per heavy atom. The standard InChI is InChI=1S/C29H28N4O6/c34-16-19-2-1-3-20(12-19)17-39-23-7-5-22(6-8-23)31-29(38)30-14-18-4-9-24-21(13-18)15-33(28(24)37)25-10-11-26(35)32-27(25)36/h1-9,12-13,25,34H,10-11,14-17H2,(H2,30,31,38)(H,32,35,36). The van der Waals surface area contributed by atoms with Crippen LogP contribution in [0.2, 0.25) is 0 Å². The number of carbonyl (C=O) groups excluding carboxylic acids is 4. The number of benzene rings is 3. The summed E-state index contributed by atoms with van der Waals surface area (Å²) in [5, 5.41) is 17.1. The van der Waals surface area contributed by atoms with Gasteiger partial charge in [0.2, 0.25) is 11.8 Å². The second-order valence-electron chi connectivity index (χ2n) is 9.49. The van der Waals surface area contributed by atoms with Gasteiger partial charge < -0.3 is 25.4 Å². The maximum atomic E-state index is 12.8. The van der Waals surface area contributed by atoms with Crippen LogP contribution in [0.25, 0.3) is 0 Å². The largest absolute Gasteiger partial charge is 0.489 e. The lowest BCUT2D eigenvalue weighted by molar-refractivity contribution is -0.136. The molecule has 200 valence electrons. The minimum atomic E-state index is -0.663. The zero-order chi connectivity index (χ0) is 27.4. The van der Waals surface area contributed by atoms with E-state index in [4.69, 9.17) is 4.74 Å². The molecule has 3 aromatic rings. The molecular weight excluding hydrogens is 500 g/mol. The van der Waals surface area contributed by atoms with Gasteiger partial charge in [0.25, 0.3) is 5.91 Å². The number of nitrogens with one attached hydrogen (secondary N) is 3. The molecular formula is C29H28N4O6. The Hall–Kier alpha value is -4.70. The van der Waals surface area contributed by atoms with Gasteiger partial charge in [0.05, 0.1) is 6.61 Å². The van der Waals surface area contributed by atoms with E-state index >= 15 is 0 Å². The van der Waals surface area contributed by atoms with Crippen molar-refractivity contribution < 1.29 is 29.0 Å². The van der Waals surface area contributed by atoms with Gasteiger partial charge in [-0.05, 0) is 59.0 Å². The second-order valence-corrected chi connectivity index (χ2v) is 9.49. The third kappa shape index (κ3) is 6.07. The lowest BCUT2D eigenvalue weighted by Crippen LogP contribution is -2.52. The fraction of sp³-hybridized carbons (Fsp3) is 0.241. The molecule has 2 aliphatic heterocycles. The quantitative estimate of drug-likeness (QED) is 0.332. The van der Waals surface area contributed by atoms with Crippen LogP contribution in [0, 0.1) is 0 Å². The van der Waals surface area contributed by atoms with E-state index in [1.807, 2.05) is 30.3 Å². The molecule has 1 saturated heterocycles. The molecule has 1 atom stereocenters. The third-order valence-corrected chi connectivity index (χ3v) is 6.73. The third-order valence-electron chi connectivity index (χ3n) is 6.73. The fourth-order valence-corrected chi connectivity index (χ4v) is 4.71. The minimum Gasteiger partial charge on any atom is -0.489 e. The first kappa shape index (κ1) is 25.9. The number of carbonyl (C=O) groups is 4. The van der Waals surface area contributed by atoms with Gasteiger partial charge in [0.15, 0.2) is 0 Å². The molecule has 2 heterocycles. The second kappa shape index (κ2) is 11.4. The molecule has 39 heavy (non-hydrogen) atoms. The molecule has 1 fully saturated rings. The Kier molecular flexibility index (Phi) is 7.55. The van der Waals surface area contributed by atoms with Crippen LogP contribution < -0.4 is 20.7 Å². The Labute approximate surface area is 225 Å². The molecule has 4 N–H and O–H groups in total. The highest BCUT2D eigenvalue weighted by atomic mass is 16.5. The van der Waals surface area contributed by atoms with Gasteiger partial charge in [-0.3, -0.25) is 19.7 Å². The first-order valence-electron chi connectivity index (χ1n) is 12.6. The number of aliphatic hydroxyl groups excluding tert-OH is 1. The van der Waals surface area contributed by atoms with E-state index in [9.17, 15) is 24.3 Å². The van der Waals surface area contributed by atoms with Crippen LogP contribution in [-0.4, -0.2) is 39.8 Å². The minimum absolute atomic E-state index is 0.0222. The van der Waals surface area contributed by atoms with E-state index in [1.165, 1.54) is 4.90 Å². The van der Waals surface area contributed by atoms with Crippen molar-refractivity contribution in [1.82, 2.24) is 15.5 Å². The molecule has 0 saturated carbocycles. The van der Waals surface area contributed by atoms with E-state index in [0.717, 1.165) is 22.3 Å². The first-order chi connectivity index (χ1) is 18.9. The Balaban J connectivity index is 1.11. The van der Waals surface area contributed by atoms with Crippen molar-refractivity contribution in [3.05, 3.63) is 94.5 Å². The highest BCUT2D eigenvalue weighted by Crippen LogP contribution is 2.28. The number of anilines is 1. The number of imide groups is 1. The molecule has 2 aliphatic rings. The number of fused-ring (bicyclic) bond motifs is 1. The number of nitrogens with zero attached hydrogens (tertiary/aromatic N) is 1. The molecule has 1 unspecified atom stereocenters. The molecule has 5 rings (SSSR count). The molecule has 0 spiro atoms. The van der Waals surface area contributed by atoms with E-state index in [1.54, 1.807) is 36.4 Å². The predicted octanol–water partition coefficient (Wildman–Crippen LogP) is 2.84. The van der Waals surface area contributed by atoms with Crippen LogP contribution in [-0.2, 0) is 35.9 Å². The van der Waals surface area contributed by atoms with Gasteiger partial charge >= 0.3 is 6.03 Å². The molecule has 5 amide bonds. The van der Waals surface area contributed by atoms with Crippen LogP contribution in [0.15, 0.2) is 66.7 Å². The summed E-state index contributed by atoms with van der Waals surface area (Å²) in [6, 6.07) is 18.8. The number of urea groups is 1. The number of piperidine rings is 1. The fourth-order valence-electron chi connectivity index (χ4n) is 4.71. The average molecular weight is 529 g/mol. The van der Waals surface area contributed by atoms with E-state index in [-0.39, 0.29) is 44.0 Å². The lowest BCUT2D eigenvalue weighted by atomic mass is 10.0. The van der Waals surface area contributed by atoms with Gasteiger partial charge in [-0.2, -0.15) is 0 Å². The van der Waals surface area contributed by atoms with Crippen molar-refractivity contribution in [1.29, 1.82) is 0 Å². The first-order valence-corrected chi connectivity index (χ1v) is 12.6. The van der Waals surface area contributed by atoms with Gasteiger partial charge in [-0.1, -0.05) is 36.4 Å². The number of amides is 5.